The van der Waals surface area contributed by atoms with Crippen LogP contribution >= 0.6 is 0 Å². The van der Waals surface area contributed by atoms with Crippen molar-refractivity contribution >= 4 is 16.9 Å². The second-order valence-corrected chi connectivity index (χ2v) is 4.48. The van der Waals surface area contributed by atoms with Crippen LogP contribution in [0.4, 0.5) is 18.9 Å². The molecule has 0 radical (unpaired) electrons. The van der Waals surface area contributed by atoms with Gasteiger partial charge in [0.2, 0.25) is 0 Å². The minimum absolute atomic E-state index is 0.223. The molecule has 0 aliphatic heterocycles. The van der Waals surface area contributed by atoms with E-state index in [1.54, 1.807) is 0 Å². The lowest BCUT2D eigenvalue weighted by atomic mass is 10.2. The fraction of sp³-hybridized carbons (Fsp3) is 0.0769. The first-order chi connectivity index (χ1) is 10.8. The molecule has 1 aromatic carbocycles. The summed E-state index contributed by atoms with van der Waals surface area (Å²) in [4.78, 5) is 20.8. The van der Waals surface area contributed by atoms with Gasteiger partial charge in [-0.25, -0.2) is 9.97 Å². The van der Waals surface area contributed by atoms with Gasteiger partial charge in [-0.15, -0.1) is 13.2 Å². The van der Waals surface area contributed by atoms with Gasteiger partial charge in [-0.2, -0.15) is 0 Å². The molecule has 0 atom stereocenters. The van der Waals surface area contributed by atoms with Crippen LogP contribution in [0, 0.1) is 10.1 Å². The molecule has 1 N–H and O–H groups in total. The third-order valence-corrected chi connectivity index (χ3v) is 2.87. The molecule has 0 bridgehead atoms. The van der Waals surface area contributed by atoms with E-state index in [9.17, 15) is 23.3 Å². The van der Waals surface area contributed by atoms with E-state index in [0.29, 0.717) is 5.56 Å². The maximum atomic E-state index is 12.2. The number of benzene rings is 1. The van der Waals surface area contributed by atoms with Gasteiger partial charge in [-0.1, -0.05) is 12.1 Å². The number of ether oxygens (including phenoxy) is 1. The fourth-order valence-corrected chi connectivity index (χ4v) is 1.96. The molecule has 0 aliphatic rings. The number of hydrogen-bond donors (Lipinski definition) is 1. The van der Waals surface area contributed by atoms with Crippen molar-refractivity contribution in [1.29, 1.82) is 0 Å². The highest BCUT2D eigenvalue weighted by Crippen LogP contribution is 2.28. The van der Waals surface area contributed by atoms with Gasteiger partial charge in [0.15, 0.2) is 5.65 Å². The smallest absolute Gasteiger partial charge is 0.406 e. The highest BCUT2D eigenvalue weighted by Gasteiger charge is 2.31. The van der Waals surface area contributed by atoms with Gasteiger partial charge in [0.1, 0.15) is 23.3 Å². The zero-order valence-electron chi connectivity index (χ0n) is 11.2. The SMILES string of the molecule is O=[N+]([O-])c1cnc2[nH]c(-c3cccc(OC(F)(F)F)c3)nc2c1. The third-order valence-electron chi connectivity index (χ3n) is 2.87. The highest BCUT2D eigenvalue weighted by molar-refractivity contribution is 5.77. The Morgan fingerprint density at radius 2 is 2.04 bits per heavy atom. The van der Waals surface area contributed by atoms with Gasteiger partial charge in [-0.05, 0) is 12.1 Å². The number of aromatic amines is 1. The molecule has 2 heterocycles. The molecule has 0 fully saturated rings. The first-order valence-corrected chi connectivity index (χ1v) is 6.18. The topological polar surface area (TPSA) is 93.9 Å². The van der Waals surface area contributed by atoms with E-state index in [4.69, 9.17) is 0 Å². The monoisotopic (exact) mass is 324 g/mol. The Kier molecular flexibility index (Phi) is 3.36. The first kappa shape index (κ1) is 14.8. The molecule has 2 aromatic heterocycles. The quantitative estimate of drug-likeness (QED) is 0.588. The lowest BCUT2D eigenvalue weighted by Gasteiger charge is -2.09. The van der Waals surface area contributed by atoms with Crippen LogP contribution in [0.5, 0.6) is 5.75 Å². The van der Waals surface area contributed by atoms with Crippen LogP contribution in [-0.4, -0.2) is 26.2 Å². The minimum atomic E-state index is -4.80. The Morgan fingerprint density at radius 3 is 2.74 bits per heavy atom. The summed E-state index contributed by atoms with van der Waals surface area (Å²) in [5, 5.41) is 10.7. The molecule has 0 saturated heterocycles. The maximum absolute atomic E-state index is 12.2. The zero-order valence-corrected chi connectivity index (χ0v) is 11.2. The van der Waals surface area contributed by atoms with Crippen LogP contribution in [0.1, 0.15) is 0 Å². The van der Waals surface area contributed by atoms with E-state index >= 15 is 0 Å². The summed E-state index contributed by atoms with van der Waals surface area (Å²) in [6.07, 6.45) is -3.73. The van der Waals surface area contributed by atoms with Gasteiger partial charge in [0, 0.05) is 11.6 Å². The lowest BCUT2D eigenvalue weighted by Crippen LogP contribution is -2.17. The van der Waals surface area contributed by atoms with E-state index in [1.807, 2.05) is 0 Å². The standard InChI is InChI=1S/C13H7F3N4O3/c14-13(15,16)23-9-3-1-2-7(4-9)11-18-10-5-8(20(21)22)6-17-12(10)19-11/h1-6H,(H,17,18,19). The summed E-state index contributed by atoms with van der Waals surface area (Å²) in [6.45, 7) is 0. The molecule has 23 heavy (non-hydrogen) atoms. The van der Waals surface area contributed by atoms with Crippen molar-refractivity contribution in [1.82, 2.24) is 15.0 Å². The number of nitro groups is 1. The van der Waals surface area contributed by atoms with Crippen LogP contribution in [0.25, 0.3) is 22.6 Å². The second-order valence-electron chi connectivity index (χ2n) is 4.48. The molecule has 0 unspecified atom stereocenters. The summed E-state index contributed by atoms with van der Waals surface area (Å²) in [5.74, 6) is -0.171. The van der Waals surface area contributed by atoms with Crippen molar-refractivity contribution in [2.45, 2.75) is 6.36 Å². The van der Waals surface area contributed by atoms with E-state index in [0.717, 1.165) is 18.3 Å². The van der Waals surface area contributed by atoms with Gasteiger partial charge in [0.05, 0.1) is 4.92 Å². The Bertz CT molecular complexity index is 892. The summed E-state index contributed by atoms with van der Waals surface area (Å²) < 4.78 is 40.6. The number of nitrogens with one attached hydrogen (secondary N) is 1. The van der Waals surface area contributed by atoms with E-state index in [-0.39, 0.29) is 22.7 Å². The molecular formula is C13H7F3N4O3. The summed E-state index contributed by atoms with van der Waals surface area (Å²) in [6, 6.07) is 6.43. The largest absolute Gasteiger partial charge is 0.573 e. The van der Waals surface area contributed by atoms with Gasteiger partial charge >= 0.3 is 6.36 Å². The molecule has 0 aliphatic carbocycles. The summed E-state index contributed by atoms with van der Waals surface area (Å²) >= 11 is 0. The number of halogens is 3. The first-order valence-electron chi connectivity index (χ1n) is 6.18. The molecule has 0 spiro atoms. The predicted octanol–water partition coefficient (Wildman–Crippen LogP) is 3.43. The Morgan fingerprint density at radius 1 is 1.26 bits per heavy atom. The van der Waals surface area contributed by atoms with Crippen molar-refractivity contribution < 1.29 is 22.8 Å². The van der Waals surface area contributed by atoms with E-state index in [2.05, 4.69) is 19.7 Å². The fourth-order valence-electron chi connectivity index (χ4n) is 1.96. The van der Waals surface area contributed by atoms with Crippen molar-refractivity contribution in [3.8, 4) is 17.1 Å². The van der Waals surface area contributed by atoms with Gasteiger partial charge < -0.3 is 9.72 Å². The molecule has 0 amide bonds. The van der Waals surface area contributed by atoms with Crippen LogP contribution < -0.4 is 4.74 Å². The number of alkyl halides is 3. The average Bonchev–Trinajstić information content (AvgIpc) is 2.88. The van der Waals surface area contributed by atoms with Crippen LogP contribution in [0.2, 0.25) is 0 Å². The molecule has 3 aromatic rings. The third kappa shape index (κ3) is 3.20. The molecule has 0 saturated carbocycles. The van der Waals surface area contributed by atoms with Crippen molar-refractivity contribution in [3.63, 3.8) is 0 Å². The number of rotatable bonds is 3. The van der Waals surface area contributed by atoms with E-state index in [1.165, 1.54) is 18.2 Å². The van der Waals surface area contributed by atoms with Gasteiger partial charge in [0.25, 0.3) is 5.69 Å². The number of fused-ring (bicyclic) bond motifs is 1. The minimum Gasteiger partial charge on any atom is -0.406 e. The number of imidazole rings is 1. The number of aromatic nitrogens is 3. The van der Waals surface area contributed by atoms with Crippen LogP contribution in [0.15, 0.2) is 36.5 Å². The lowest BCUT2D eigenvalue weighted by molar-refractivity contribution is -0.385. The maximum Gasteiger partial charge on any atom is 0.573 e. The number of hydrogen-bond acceptors (Lipinski definition) is 5. The van der Waals surface area contributed by atoms with Crippen molar-refractivity contribution in [3.05, 3.63) is 46.6 Å². The average molecular weight is 324 g/mol. The van der Waals surface area contributed by atoms with Crippen molar-refractivity contribution in [2.75, 3.05) is 0 Å². The van der Waals surface area contributed by atoms with Crippen LogP contribution in [-0.2, 0) is 0 Å². The molecule has 118 valence electrons. The van der Waals surface area contributed by atoms with Crippen molar-refractivity contribution in [2.24, 2.45) is 0 Å². The molecule has 3 rings (SSSR count). The second kappa shape index (κ2) is 5.23. The van der Waals surface area contributed by atoms with Crippen LogP contribution in [0.3, 0.4) is 0 Å². The van der Waals surface area contributed by atoms with E-state index < -0.39 is 17.0 Å². The Hall–Kier alpha value is -3.17. The number of H-pyrrole nitrogens is 1. The summed E-state index contributed by atoms with van der Waals surface area (Å²) in [5.41, 5.74) is 0.612. The molecule has 10 heteroatoms. The zero-order chi connectivity index (χ0) is 16.6. The Labute approximate surface area is 125 Å². The van der Waals surface area contributed by atoms with Gasteiger partial charge in [-0.3, -0.25) is 10.1 Å². The molecule has 7 nitrogen and oxygen atoms in total. The number of pyridine rings is 1. The summed E-state index contributed by atoms with van der Waals surface area (Å²) in [7, 11) is 0. The Balaban J connectivity index is 2.00. The normalized spacial score (nSPS) is 11.6. The molecular weight excluding hydrogens is 317 g/mol. The number of nitrogens with zero attached hydrogens (tertiary/aromatic N) is 3. The predicted molar refractivity (Wildman–Crippen MR) is 72.7 cm³/mol. The highest BCUT2D eigenvalue weighted by atomic mass is 19.4.